The predicted molar refractivity (Wildman–Crippen MR) is 185 cm³/mol. The minimum atomic E-state index is -6.11. The molecule has 0 saturated carbocycles. The van der Waals surface area contributed by atoms with Crippen LogP contribution in [0.2, 0.25) is 0 Å². The number of H-pyrrole nitrogens is 2. The summed E-state index contributed by atoms with van der Waals surface area (Å²) in [4.78, 5) is 85.5. The Labute approximate surface area is 315 Å². The zero-order chi connectivity index (χ0) is 41.8. The molecule has 30 nitrogen and oxygen atoms in total. The maximum Gasteiger partial charge on any atom is 0.488 e. The summed E-state index contributed by atoms with van der Waals surface area (Å²) in [6, 6.07) is 0. The first kappa shape index (κ1) is 43.2. The van der Waals surface area contributed by atoms with Crippen molar-refractivity contribution in [1.29, 1.82) is 0 Å². The Bertz CT molecular complexity index is 2460. The second-order valence-electron chi connectivity index (χ2n) is 12.2. The predicted octanol–water partition coefficient (Wildman–Crippen LogP) is -2.64. The van der Waals surface area contributed by atoms with Gasteiger partial charge in [0.25, 0.3) is 11.1 Å². The van der Waals surface area contributed by atoms with Crippen molar-refractivity contribution in [3.05, 3.63) is 33.4 Å². The van der Waals surface area contributed by atoms with Crippen molar-refractivity contribution in [1.82, 2.24) is 39.0 Å². The normalized spacial score (nSPS) is 29.6. The number of phosphoric acid groups is 2. The van der Waals surface area contributed by atoms with Crippen molar-refractivity contribution in [2.45, 2.75) is 49.1 Å². The van der Waals surface area contributed by atoms with E-state index >= 15 is 0 Å². The standard InChI is InChI=1S/C23H34N10O20P4/c1-25-23-29-17-11(19(38)31-23)27-6-33(17)21-15(47-2)13(35)9(51-21)3-48-54(39,40)7-55(41,42)52-57(45,46)53-56(43,44)49-4-8-12(34)14(36)20(50-8)32-5-26-10-16(32)28-22(24)30-18(10)37/h5-6,8-9,12-15,20-21,34-36H,3-4,7H2,1-2H3,(H,39,40)(H,41,42)(H,43,44)(H,45,46)(H3,24,28,30,37)(H2,25,29,31,38)/t8-,9-,12-,13-,14-,15-,20-,21-/m1/s1. The third kappa shape index (κ3) is 9.28. The van der Waals surface area contributed by atoms with Crippen molar-refractivity contribution >= 4 is 65.1 Å². The highest BCUT2D eigenvalue weighted by atomic mass is 31.3. The van der Waals surface area contributed by atoms with Crippen LogP contribution in [0, 0.1) is 0 Å². The molecule has 12 N–H and O–H groups in total. The molecule has 2 saturated heterocycles. The van der Waals surface area contributed by atoms with Gasteiger partial charge < -0.3 is 64.7 Å². The molecule has 4 aromatic rings. The first-order valence-corrected chi connectivity index (χ1v) is 22.3. The van der Waals surface area contributed by atoms with E-state index in [2.05, 4.69) is 48.4 Å². The number of rotatable bonds is 16. The summed E-state index contributed by atoms with van der Waals surface area (Å²) in [6.07, 6.45) is -10.1. The van der Waals surface area contributed by atoms with Crippen LogP contribution < -0.4 is 22.2 Å². The minimum absolute atomic E-state index is 0.00347. The van der Waals surface area contributed by atoms with Gasteiger partial charge in [0.15, 0.2) is 40.7 Å². The number of fused-ring (bicyclic) bond motifs is 2. The van der Waals surface area contributed by atoms with Gasteiger partial charge in [0, 0.05) is 14.2 Å². The maximum absolute atomic E-state index is 12.8. The number of phosphoric ester groups is 1. The van der Waals surface area contributed by atoms with Crippen LogP contribution in [0.1, 0.15) is 12.5 Å². The number of nitrogens with two attached hydrogens (primary N) is 1. The van der Waals surface area contributed by atoms with E-state index in [0.29, 0.717) is 0 Å². The van der Waals surface area contributed by atoms with Gasteiger partial charge in [-0.2, -0.15) is 14.3 Å². The van der Waals surface area contributed by atoms with Crippen LogP contribution >= 0.6 is 30.8 Å². The molecule has 4 aromatic heterocycles. The number of methoxy groups -OCH3 is 1. The smallest absolute Gasteiger partial charge is 0.387 e. The van der Waals surface area contributed by atoms with Gasteiger partial charge in [-0.15, -0.1) is 0 Å². The molecule has 0 radical (unpaired) electrons. The van der Waals surface area contributed by atoms with Gasteiger partial charge in [-0.3, -0.25) is 42.3 Å². The molecule has 0 bridgehead atoms. The molecule has 2 aliphatic rings. The second kappa shape index (κ2) is 16.0. The van der Waals surface area contributed by atoms with Gasteiger partial charge in [-0.1, -0.05) is 0 Å². The van der Waals surface area contributed by atoms with Crippen molar-refractivity contribution in [2.24, 2.45) is 0 Å². The molecule has 0 aliphatic carbocycles. The minimum Gasteiger partial charge on any atom is -0.387 e. The first-order chi connectivity index (χ1) is 26.5. The lowest BCUT2D eigenvalue weighted by molar-refractivity contribution is -0.0565. The van der Waals surface area contributed by atoms with Gasteiger partial charge in [-0.05, 0) is 0 Å². The summed E-state index contributed by atoms with van der Waals surface area (Å²) in [5.41, 5.74) is 3.70. The van der Waals surface area contributed by atoms with Crippen molar-refractivity contribution < 1.29 is 85.0 Å². The van der Waals surface area contributed by atoms with E-state index in [4.69, 9.17) is 24.5 Å². The van der Waals surface area contributed by atoms with Crippen molar-refractivity contribution in [3.8, 4) is 0 Å². The molecule has 12 atom stereocenters. The van der Waals surface area contributed by atoms with Gasteiger partial charge in [0.1, 0.15) is 36.6 Å². The topological polar surface area (TPSA) is 440 Å². The lowest BCUT2D eigenvalue weighted by Gasteiger charge is -2.22. The summed E-state index contributed by atoms with van der Waals surface area (Å²) < 4.78 is 86.7. The van der Waals surface area contributed by atoms with Gasteiger partial charge in [0.2, 0.25) is 11.9 Å². The molecule has 4 unspecified atom stereocenters. The Morgan fingerprint density at radius 2 is 1.35 bits per heavy atom. The molecule has 0 aromatic carbocycles. The fraction of sp³-hybridized carbons (Fsp3) is 0.565. The number of aromatic amines is 2. The van der Waals surface area contributed by atoms with Crippen LogP contribution in [0.15, 0.2) is 22.2 Å². The summed E-state index contributed by atoms with van der Waals surface area (Å²) in [5.74, 6) is -2.16. The maximum atomic E-state index is 12.8. The lowest BCUT2D eigenvalue weighted by Crippen LogP contribution is -2.35. The van der Waals surface area contributed by atoms with Gasteiger partial charge in [0.05, 0.1) is 25.9 Å². The van der Waals surface area contributed by atoms with E-state index in [1.165, 1.54) is 18.7 Å². The summed E-state index contributed by atoms with van der Waals surface area (Å²) in [5, 5.41) is 34.5. The lowest BCUT2D eigenvalue weighted by atomic mass is 10.1. The number of hydrogen-bond donors (Lipinski definition) is 11. The number of ether oxygens (including phenoxy) is 3. The number of nitrogen functional groups attached to an aromatic ring is 1. The average molecular weight is 894 g/mol. The molecular formula is C23H34N10O20P4. The molecule has 34 heteroatoms. The number of nitrogens with one attached hydrogen (secondary N) is 3. The number of aliphatic hydroxyl groups is 3. The summed E-state index contributed by atoms with van der Waals surface area (Å²) in [6.45, 7) is -2.09. The van der Waals surface area contributed by atoms with Crippen LogP contribution in [0.25, 0.3) is 22.3 Å². The second-order valence-corrected chi connectivity index (χ2v) is 19.6. The SMILES string of the molecule is CNc1nc2c(ncn2[C@@H]2O[C@H](COP(=O)(O)CP(=O)(O)OP(=O)(O)OP(=O)(O)OC[C@H]3O[C@@H](n4cnc5c(=O)[nH]c(N)nc54)[C@H](O)[C@@H]3O)[C@@H](O)[C@H]2OC)c(=O)[nH]1. The van der Waals surface area contributed by atoms with Crippen LogP contribution in [0.5, 0.6) is 0 Å². The molecule has 316 valence electrons. The Hall–Kier alpha value is -3.34. The van der Waals surface area contributed by atoms with Crippen LogP contribution in [-0.2, 0) is 50.1 Å². The van der Waals surface area contributed by atoms with Crippen molar-refractivity contribution in [2.75, 3.05) is 44.3 Å². The average Bonchev–Trinajstić information content (AvgIpc) is 3.85. The van der Waals surface area contributed by atoms with Crippen LogP contribution in [-0.4, -0.2) is 144 Å². The molecule has 6 heterocycles. The number of aromatic nitrogens is 8. The van der Waals surface area contributed by atoms with Crippen LogP contribution in [0.4, 0.5) is 11.9 Å². The Kier molecular flexibility index (Phi) is 12.2. The zero-order valence-electron chi connectivity index (χ0n) is 28.9. The van der Waals surface area contributed by atoms with E-state index in [9.17, 15) is 62.7 Å². The number of imidazole rings is 2. The zero-order valence-corrected chi connectivity index (χ0v) is 32.5. The highest BCUT2D eigenvalue weighted by Crippen LogP contribution is 2.70. The molecule has 57 heavy (non-hydrogen) atoms. The molecule has 2 aliphatic heterocycles. The number of hydrogen-bond acceptors (Lipinski definition) is 22. The quantitative estimate of drug-likeness (QED) is 0.0512. The van der Waals surface area contributed by atoms with Crippen LogP contribution in [0.3, 0.4) is 0 Å². The highest BCUT2D eigenvalue weighted by molar-refractivity contribution is 7.75. The molecule has 2 fully saturated rings. The Balaban J connectivity index is 1.03. The molecule has 0 amide bonds. The largest absolute Gasteiger partial charge is 0.488 e. The van der Waals surface area contributed by atoms with E-state index in [-0.39, 0.29) is 34.2 Å². The third-order valence-corrected chi connectivity index (χ3v) is 15.6. The fourth-order valence-corrected chi connectivity index (χ4v) is 12.2. The third-order valence-electron chi connectivity index (χ3n) is 8.23. The van der Waals surface area contributed by atoms with Gasteiger partial charge in [-0.25, -0.2) is 23.4 Å². The van der Waals surface area contributed by atoms with E-state index < -0.39 is 110 Å². The fourth-order valence-electron chi connectivity index (χ4n) is 5.77. The highest BCUT2D eigenvalue weighted by Gasteiger charge is 2.50. The van der Waals surface area contributed by atoms with Crippen molar-refractivity contribution in [3.63, 3.8) is 0 Å². The molecule has 6 rings (SSSR count). The summed E-state index contributed by atoms with van der Waals surface area (Å²) >= 11 is 0. The first-order valence-electron chi connectivity index (χ1n) is 15.8. The Morgan fingerprint density at radius 1 is 0.789 bits per heavy atom. The van der Waals surface area contributed by atoms with E-state index in [1.807, 2.05) is 0 Å². The van der Waals surface area contributed by atoms with E-state index in [1.54, 1.807) is 0 Å². The molecule has 0 spiro atoms. The monoisotopic (exact) mass is 894 g/mol. The number of anilines is 2. The van der Waals surface area contributed by atoms with E-state index in [0.717, 1.165) is 17.2 Å². The molecular weight excluding hydrogens is 860 g/mol. The Morgan fingerprint density at radius 3 is 1.98 bits per heavy atom. The number of nitrogens with zero attached hydrogens (tertiary/aromatic N) is 6. The van der Waals surface area contributed by atoms with Gasteiger partial charge >= 0.3 is 30.8 Å². The summed E-state index contributed by atoms with van der Waals surface area (Å²) in [7, 11) is -20.2. The number of aliphatic hydroxyl groups excluding tert-OH is 3.